The molecule has 1 fully saturated rings. The second kappa shape index (κ2) is 7.49. The van der Waals surface area contributed by atoms with E-state index in [1.807, 2.05) is 0 Å². The van der Waals surface area contributed by atoms with Crippen LogP contribution in [0.1, 0.15) is 75.3 Å². The zero-order valence-electron chi connectivity index (χ0n) is 14.4. The van der Waals surface area contributed by atoms with Gasteiger partial charge in [0.1, 0.15) is 0 Å². The van der Waals surface area contributed by atoms with E-state index in [-0.39, 0.29) is 0 Å². The van der Waals surface area contributed by atoms with Crippen LogP contribution >= 0.6 is 0 Å². The summed E-state index contributed by atoms with van der Waals surface area (Å²) in [6.45, 7) is 4.59. The van der Waals surface area contributed by atoms with E-state index >= 15 is 0 Å². The predicted octanol–water partition coefficient (Wildman–Crippen LogP) is 6.65. The van der Waals surface area contributed by atoms with Crippen LogP contribution in [0.15, 0.2) is 36.4 Å². The van der Waals surface area contributed by atoms with Gasteiger partial charge in [0.2, 0.25) is 0 Å². The fourth-order valence-corrected chi connectivity index (χ4v) is 4.28. The molecule has 120 valence electrons. The molecule has 3 rings (SSSR count). The van der Waals surface area contributed by atoms with Crippen molar-refractivity contribution in [3.8, 4) is 0 Å². The maximum Gasteiger partial charge on any atom is 0.00182 e. The van der Waals surface area contributed by atoms with Crippen LogP contribution in [0.5, 0.6) is 0 Å². The van der Waals surface area contributed by atoms with Crippen LogP contribution in [0.2, 0.25) is 0 Å². The van der Waals surface area contributed by atoms with E-state index in [2.05, 4.69) is 50.3 Å². The first-order valence-electron chi connectivity index (χ1n) is 9.45. The summed E-state index contributed by atoms with van der Waals surface area (Å²) in [6.07, 6.45) is 16.6. The Kier molecular flexibility index (Phi) is 5.39. The van der Waals surface area contributed by atoms with Gasteiger partial charge in [0.05, 0.1) is 0 Å². The van der Waals surface area contributed by atoms with Crippen LogP contribution in [0, 0.1) is 24.7 Å². The maximum absolute atomic E-state index is 2.53. The molecule has 0 amide bonds. The lowest BCUT2D eigenvalue weighted by Crippen LogP contribution is -2.14. The highest BCUT2D eigenvalue weighted by molar-refractivity contribution is 5.28. The minimum Gasteiger partial charge on any atom is -0.0848 e. The molecular formula is C22H32. The molecule has 0 heteroatoms. The van der Waals surface area contributed by atoms with Gasteiger partial charge in [0, 0.05) is 5.92 Å². The van der Waals surface area contributed by atoms with E-state index in [0.717, 1.165) is 17.8 Å². The zero-order chi connectivity index (χ0) is 15.4. The third-order valence-corrected chi connectivity index (χ3v) is 6.05. The first kappa shape index (κ1) is 15.8. The van der Waals surface area contributed by atoms with Crippen LogP contribution in [0.4, 0.5) is 0 Å². The Balaban J connectivity index is 1.46. The largest absolute Gasteiger partial charge is 0.0848 e. The molecule has 2 atom stereocenters. The number of hydrogen-bond acceptors (Lipinski definition) is 0. The Bertz CT molecular complexity index is 473. The second-order valence-corrected chi connectivity index (χ2v) is 7.94. The van der Waals surface area contributed by atoms with Gasteiger partial charge in [0.25, 0.3) is 0 Å². The molecule has 0 saturated heterocycles. The van der Waals surface area contributed by atoms with Crippen molar-refractivity contribution >= 4 is 0 Å². The van der Waals surface area contributed by atoms with Crippen molar-refractivity contribution in [3.63, 3.8) is 0 Å². The lowest BCUT2D eigenvalue weighted by Gasteiger charge is -2.28. The summed E-state index contributed by atoms with van der Waals surface area (Å²) in [5, 5.41) is 0. The Morgan fingerprint density at radius 1 is 0.818 bits per heavy atom. The number of rotatable bonds is 4. The Labute approximate surface area is 137 Å². The van der Waals surface area contributed by atoms with Crippen molar-refractivity contribution in [1.29, 1.82) is 0 Å². The van der Waals surface area contributed by atoms with Gasteiger partial charge in [-0.15, -0.1) is 0 Å². The van der Waals surface area contributed by atoms with E-state index in [1.54, 1.807) is 0 Å². The first-order valence-corrected chi connectivity index (χ1v) is 9.45. The topological polar surface area (TPSA) is 0 Å². The summed E-state index contributed by atoms with van der Waals surface area (Å²) in [4.78, 5) is 0. The summed E-state index contributed by atoms with van der Waals surface area (Å²) >= 11 is 0. The second-order valence-electron chi connectivity index (χ2n) is 7.94. The zero-order valence-corrected chi connectivity index (χ0v) is 14.4. The molecule has 2 unspecified atom stereocenters. The van der Waals surface area contributed by atoms with Gasteiger partial charge >= 0.3 is 0 Å². The third-order valence-electron chi connectivity index (χ3n) is 6.05. The molecule has 0 aromatic heterocycles. The first-order chi connectivity index (χ1) is 10.7. The van der Waals surface area contributed by atoms with Gasteiger partial charge in [0.15, 0.2) is 0 Å². The molecular weight excluding hydrogens is 264 g/mol. The Morgan fingerprint density at radius 3 is 2.18 bits per heavy atom. The van der Waals surface area contributed by atoms with Crippen LogP contribution in [0.25, 0.3) is 0 Å². The molecule has 0 N–H and O–H groups in total. The van der Waals surface area contributed by atoms with Crippen LogP contribution < -0.4 is 0 Å². The van der Waals surface area contributed by atoms with Gasteiger partial charge in [-0.2, -0.15) is 0 Å². The summed E-state index contributed by atoms with van der Waals surface area (Å²) in [6, 6.07) is 9.13. The maximum atomic E-state index is 2.53. The van der Waals surface area contributed by atoms with E-state index in [1.165, 1.54) is 62.5 Å². The number of aryl methyl sites for hydroxylation is 1. The third kappa shape index (κ3) is 4.24. The SMILES string of the molecule is Cc1ccc(C2C=CC(CCC3CCC(C)CC3)CC2)cc1. The fraction of sp³-hybridized carbons (Fsp3) is 0.636. The minimum atomic E-state index is 0.660. The molecule has 2 aliphatic carbocycles. The van der Waals surface area contributed by atoms with Gasteiger partial charge in [-0.1, -0.05) is 74.6 Å². The molecule has 2 aliphatic rings. The van der Waals surface area contributed by atoms with Crippen LogP contribution in [-0.2, 0) is 0 Å². The molecule has 1 aromatic rings. The van der Waals surface area contributed by atoms with Gasteiger partial charge < -0.3 is 0 Å². The smallest absolute Gasteiger partial charge is 0.00182 e. The fourth-order valence-electron chi connectivity index (χ4n) is 4.28. The molecule has 1 saturated carbocycles. The minimum absolute atomic E-state index is 0.660. The summed E-state index contributed by atoms with van der Waals surface area (Å²) in [5.41, 5.74) is 2.87. The predicted molar refractivity (Wildman–Crippen MR) is 96.1 cm³/mol. The van der Waals surface area contributed by atoms with Gasteiger partial charge in [-0.05, 0) is 55.9 Å². The van der Waals surface area contributed by atoms with Crippen molar-refractivity contribution in [2.75, 3.05) is 0 Å². The van der Waals surface area contributed by atoms with Crippen molar-refractivity contribution in [2.24, 2.45) is 17.8 Å². The Hall–Kier alpha value is -1.04. The summed E-state index contributed by atoms with van der Waals surface area (Å²) in [7, 11) is 0. The van der Waals surface area contributed by atoms with Crippen molar-refractivity contribution < 1.29 is 0 Å². The van der Waals surface area contributed by atoms with Crippen molar-refractivity contribution in [2.45, 2.75) is 71.1 Å². The molecule has 0 heterocycles. The molecule has 1 aromatic carbocycles. The molecule has 0 spiro atoms. The monoisotopic (exact) mass is 296 g/mol. The molecule has 0 radical (unpaired) electrons. The van der Waals surface area contributed by atoms with Crippen LogP contribution in [0.3, 0.4) is 0 Å². The highest BCUT2D eigenvalue weighted by Crippen LogP contribution is 2.36. The lowest BCUT2D eigenvalue weighted by atomic mass is 9.77. The quantitative estimate of drug-likeness (QED) is 0.545. The van der Waals surface area contributed by atoms with Crippen molar-refractivity contribution in [1.82, 2.24) is 0 Å². The number of hydrogen-bond donors (Lipinski definition) is 0. The highest BCUT2D eigenvalue weighted by Gasteiger charge is 2.21. The molecule has 0 bridgehead atoms. The normalized spacial score (nSPS) is 32.1. The van der Waals surface area contributed by atoms with Crippen LogP contribution in [-0.4, -0.2) is 0 Å². The van der Waals surface area contributed by atoms with Gasteiger partial charge in [-0.25, -0.2) is 0 Å². The average molecular weight is 296 g/mol. The highest BCUT2D eigenvalue weighted by atomic mass is 14.3. The number of benzene rings is 1. The van der Waals surface area contributed by atoms with Crippen molar-refractivity contribution in [3.05, 3.63) is 47.5 Å². The summed E-state index contributed by atoms with van der Waals surface area (Å²) in [5.74, 6) is 3.52. The number of allylic oxidation sites excluding steroid dienone is 2. The van der Waals surface area contributed by atoms with E-state index < -0.39 is 0 Å². The molecule has 0 aliphatic heterocycles. The summed E-state index contributed by atoms with van der Waals surface area (Å²) < 4.78 is 0. The molecule has 22 heavy (non-hydrogen) atoms. The Morgan fingerprint density at radius 2 is 1.55 bits per heavy atom. The van der Waals surface area contributed by atoms with E-state index in [0.29, 0.717) is 5.92 Å². The average Bonchev–Trinajstić information content (AvgIpc) is 2.56. The van der Waals surface area contributed by atoms with E-state index in [9.17, 15) is 0 Å². The van der Waals surface area contributed by atoms with E-state index in [4.69, 9.17) is 0 Å². The standard InChI is InChI=1S/C22H32/c1-17-3-7-19(8-4-17)9-10-20-11-15-22(16-12-20)21-13-5-18(2)6-14-21/h5-6,11,13-15,17,19-20,22H,3-4,7-10,12,16H2,1-2H3. The van der Waals surface area contributed by atoms with Gasteiger partial charge in [-0.3, -0.25) is 0 Å². The lowest BCUT2D eigenvalue weighted by molar-refractivity contribution is 0.263. The molecule has 0 nitrogen and oxygen atoms in total.